The second-order valence-electron chi connectivity index (χ2n) is 7.38. The summed E-state index contributed by atoms with van der Waals surface area (Å²) >= 11 is 7.20. The zero-order valence-electron chi connectivity index (χ0n) is 20.1. The molecule has 36 heavy (non-hydrogen) atoms. The van der Waals surface area contributed by atoms with Crippen LogP contribution in [0.25, 0.3) is 0 Å². The summed E-state index contributed by atoms with van der Waals surface area (Å²) in [6, 6.07) is 11.2. The number of hydrogen-bond acceptors (Lipinski definition) is 9. The van der Waals surface area contributed by atoms with E-state index < -0.39 is 23.9 Å². The molecule has 3 rings (SSSR count). The Bertz CT molecular complexity index is 1270. The van der Waals surface area contributed by atoms with Crippen LogP contribution in [0, 0.1) is 0 Å². The van der Waals surface area contributed by atoms with Gasteiger partial charge in [-0.1, -0.05) is 29.4 Å². The smallest absolute Gasteiger partial charge is 0.339 e. The third-order valence-corrected chi connectivity index (χ3v) is 6.19. The van der Waals surface area contributed by atoms with Crippen molar-refractivity contribution in [2.24, 2.45) is 0 Å². The van der Waals surface area contributed by atoms with Crippen molar-refractivity contribution in [3.63, 3.8) is 0 Å². The SMILES string of the molecule is CCn1c(SCC(=O)Nc2cc(C(=O)OC)ccc2C(=O)OC)nnc1C(C)Oc1cccc(Cl)c1. The van der Waals surface area contributed by atoms with Crippen LogP contribution in [0.5, 0.6) is 5.75 Å². The minimum Gasteiger partial charge on any atom is -0.483 e. The number of carbonyl (C=O) groups is 3. The van der Waals surface area contributed by atoms with E-state index in [1.54, 1.807) is 24.3 Å². The molecule has 0 radical (unpaired) electrons. The summed E-state index contributed by atoms with van der Waals surface area (Å²) in [5.74, 6) is -0.496. The van der Waals surface area contributed by atoms with Crippen LogP contribution in [0.4, 0.5) is 5.69 Å². The molecule has 1 aromatic heterocycles. The van der Waals surface area contributed by atoms with Crippen molar-refractivity contribution in [2.45, 2.75) is 31.7 Å². The van der Waals surface area contributed by atoms with Crippen LogP contribution < -0.4 is 10.1 Å². The van der Waals surface area contributed by atoms with Crippen LogP contribution in [-0.4, -0.2) is 52.6 Å². The van der Waals surface area contributed by atoms with Crippen molar-refractivity contribution in [1.29, 1.82) is 0 Å². The highest BCUT2D eigenvalue weighted by atomic mass is 35.5. The number of esters is 2. The molecule has 0 saturated carbocycles. The summed E-state index contributed by atoms with van der Waals surface area (Å²) in [6.45, 7) is 4.34. The van der Waals surface area contributed by atoms with Gasteiger partial charge in [0.15, 0.2) is 17.1 Å². The van der Waals surface area contributed by atoms with E-state index >= 15 is 0 Å². The van der Waals surface area contributed by atoms with Gasteiger partial charge in [0.05, 0.1) is 36.8 Å². The third kappa shape index (κ3) is 6.55. The van der Waals surface area contributed by atoms with Gasteiger partial charge in [0.25, 0.3) is 0 Å². The maximum atomic E-state index is 12.7. The molecular weight excluding hydrogens is 508 g/mol. The lowest BCUT2D eigenvalue weighted by atomic mass is 10.1. The fourth-order valence-corrected chi connectivity index (χ4v) is 4.29. The average molecular weight is 533 g/mol. The number of ether oxygens (including phenoxy) is 3. The fourth-order valence-electron chi connectivity index (χ4n) is 3.30. The first-order valence-electron chi connectivity index (χ1n) is 10.9. The van der Waals surface area contributed by atoms with E-state index in [0.29, 0.717) is 28.3 Å². The first kappa shape index (κ1) is 27.0. The number of anilines is 1. The van der Waals surface area contributed by atoms with Crippen molar-refractivity contribution in [1.82, 2.24) is 14.8 Å². The van der Waals surface area contributed by atoms with Crippen LogP contribution in [0.2, 0.25) is 5.02 Å². The van der Waals surface area contributed by atoms with Gasteiger partial charge in [0, 0.05) is 11.6 Å². The first-order chi connectivity index (χ1) is 17.3. The Morgan fingerprint density at radius 3 is 2.50 bits per heavy atom. The molecule has 1 heterocycles. The van der Waals surface area contributed by atoms with Crippen molar-refractivity contribution < 1.29 is 28.6 Å². The Morgan fingerprint density at radius 1 is 1.08 bits per heavy atom. The number of nitrogens with zero attached hydrogens (tertiary/aromatic N) is 3. The molecule has 12 heteroatoms. The van der Waals surface area contributed by atoms with E-state index in [2.05, 4.69) is 15.5 Å². The van der Waals surface area contributed by atoms with Crippen molar-refractivity contribution in [2.75, 3.05) is 25.3 Å². The van der Waals surface area contributed by atoms with Gasteiger partial charge in [-0.15, -0.1) is 10.2 Å². The second kappa shape index (κ2) is 12.4. The van der Waals surface area contributed by atoms with Gasteiger partial charge in [-0.2, -0.15) is 0 Å². The minimum atomic E-state index is -0.654. The van der Waals surface area contributed by atoms with Gasteiger partial charge in [0.2, 0.25) is 5.91 Å². The number of benzene rings is 2. The van der Waals surface area contributed by atoms with Gasteiger partial charge in [-0.25, -0.2) is 9.59 Å². The molecule has 0 saturated heterocycles. The number of carbonyl (C=O) groups excluding carboxylic acids is 3. The lowest BCUT2D eigenvalue weighted by Crippen LogP contribution is -2.18. The Kier molecular flexibility index (Phi) is 9.31. The van der Waals surface area contributed by atoms with E-state index in [4.69, 9.17) is 25.8 Å². The second-order valence-corrected chi connectivity index (χ2v) is 8.76. The molecule has 0 aliphatic rings. The van der Waals surface area contributed by atoms with E-state index in [-0.39, 0.29) is 22.6 Å². The molecule has 0 bridgehead atoms. The minimum absolute atomic E-state index is 0.0231. The standard InChI is InChI=1S/C24H25ClN4O6S/c1-5-29-21(14(2)35-17-8-6-7-16(25)12-17)27-28-24(29)36-13-20(30)26-19-11-15(22(31)33-3)9-10-18(19)23(32)34-4/h6-12,14H,5,13H2,1-4H3,(H,26,30). The lowest BCUT2D eigenvalue weighted by molar-refractivity contribution is -0.113. The van der Waals surface area contributed by atoms with Gasteiger partial charge in [0.1, 0.15) is 5.75 Å². The summed E-state index contributed by atoms with van der Waals surface area (Å²) in [4.78, 5) is 36.7. The van der Waals surface area contributed by atoms with Gasteiger partial charge >= 0.3 is 11.9 Å². The number of aromatic nitrogens is 3. The predicted molar refractivity (Wildman–Crippen MR) is 135 cm³/mol. The summed E-state index contributed by atoms with van der Waals surface area (Å²) in [5.41, 5.74) is 0.420. The van der Waals surface area contributed by atoms with Crippen LogP contribution in [0.3, 0.4) is 0 Å². The molecule has 3 aromatic rings. The normalized spacial score (nSPS) is 11.5. The fraction of sp³-hybridized carbons (Fsp3) is 0.292. The van der Waals surface area contributed by atoms with E-state index in [1.807, 2.05) is 18.4 Å². The maximum absolute atomic E-state index is 12.7. The average Bonchev–Trinajstić information content (AvgIpc) is 3.29. The Hall–Kier alpha value is -3.57. The van der Waals surface area contributed by atoms with Crippen molar-refractivity contribution in [3.8, 4) is 5.75 Å². The number of halogens is 1. The van der Waals surface area contributed by atoms with Crippen LogP contribution in [0.15, 0.2) is 47.6 Å². The zero-order valence-corrected chi connectivity index (χ0v) is 21.7. The molecule has 0 fully saturated rings. The number of methoxy groups -OCH3 is 2. The highest BCUT2D eigenvalue weighted by Gasteiger charge is 2.21. The molecule has 190 valence electrons. The predicted octanol–water partition coefficient (Wildman–Crippen LogP) is 4.40. The molecule has 1 unspecified atom stereocenters. The molecule has 1 N–H and O–H groups in total. The lowest BCUT2D eigenvalue weighted by Gasteiger charge is -2.15. The number of rotatable bonds is 10. The monoisotopic (exact) mass is 532 g/mol. The van der Waals surface area contributed by atoms with Crippen molar-refractivity contribution in [3.05, 3.63) is 64.4 Å². The Balaban J connectivity index is 1.71. The summed E-state index contributed by atoms with van der Waals surface area (Å²) in [5, 5.41) is 12.2. The van der Waals surface area contributed by atoms with Gasteiger partial charge in [-0.05, 0) is 50.2 Å². The Morgan fingerprint density at radius 2 is 1.83 bits per heavy atom. The van der Waals surface area contributed by atoms with Crippen LogP contribution in [-0.2, 0) is 20.8 Å². The zero-order chi connectivity index (χ0) is 26.2. The summed E-state index contributed by atoms with van der Waals surface area (Å²) in [6.07, 6.45) is -0.414. The molecule has 0 spiro atoms. The summed E-state index contributed by atoms with van der Waals surface area (Å²) in [7, 11) is 2.47. The molecule has 1 amide bonds. The third-order valence-electron chi connectivity index (χ3n) is 4.99. The number of amides is 1. The molecule has 1 atom stereocenters. The van der Waals surface area contributed by atoms with E-state index in [9.17, 15) is 14.4 Å². The van der Waals surface area contributed by atoms with Crippen LogP contribution >= 0.6 is 23.4 Å². The molecule has 0 aliphatic carbocycles. The quantitative estimate of drug-likeness (QED) is 0.299. The van der Waals surface area contributed by atoms with Gasteiger partial charge < -0.3 is 24.1 Å². The molecule has 2 aromatic carbocycles. The van der Waals surface area contributed by atoms with Crippen molar-refractivity contribution >= 4 is 46.9 Å². The largest absolute Gasteiger partial charge is 0.483 e. The first-order valence-corrected chi connectivity index (χ1v) is 12.2. The number of hydrogen-bond donors (Lipinski definition) is 1. The number of thioether (sulfide) groups is 1. The summed E-state index contributed by atoms with van der Waals surface area (Å²) < 4.78 is 17.3. The number of nitrogens with one attached hydrogen (secondary N) is 1. The Labute approximate surface area is 217 Å². The van der Waals surface area contributed by atoms with E-state index in [1.165, 1.54) is 44.2 Å². The molecule has 10 nitrogen and oxygen atoms in total. The molecule has 0 aliphatic heterocycles. The molecular formula is C24H25ClN4O6S. The highest BCUT2D eigenvalue weighted by Crippen LogP contribution is 2.26. The maximum Gasteiger partial charge on any atom is 0.339 e. The highest BCUT2D eigenvalue weighted by molar-refractivity contribution is 7.99. The van der Waals surface area contributed by atoms with Crippen LogP contribution in [0.1, 0.15) is 46.5 Å². The van der Waals surface area contributed by atoms with E-state index in [0.717, 1.165) is 0 Å². The topological polar surface area (TPSA) is 122 Å². The van der Waals surface area contributed by atoms with Gasteiger partial charge in [-0.3, -0.25) is 4.79 Å².